The standard InChI is InChI=1S/C12H9F2NO3S/c13-10(14)6-18-8-3-1-2-7(4-8)5-9-11(16)15-12(17)19-9/h1-5,10H,6H2,(H,15,16,17)/b9-5+. The van der Waals surface area contributed by atoms with Gasteiger partial charge in [0, 0.05) is 0 Å². The summed E-state index contributed by atoms with van der Waals surface area (Å²) in [4.78, 5) is 22.6. The number of carbonyl (C=O) groups is 2. The van der Waals surface area contributed by atoms with Crippen molar-refractivity contribution in [3.05, 3.63) is 34.7 Å². The van der Waals surface area contributed by atoms with Crippen molar-refractivity contribution < 1.29 is 23.1 Å². The summed E-state index contributed by atoms with van der Waals surface area (Å²) in [6.45, 7) is -0.687. The molecule has 0 radical (unpaired) electrons. The maximum absolute atomic E-state index is 12.0. The summed E-state index contributed by atoms with van der Waals surface area (Å²) in [5.74, 6) is -0.182. The quantitative estimate of drug-likeness (QED) is 0.864. The van der Waals surface area contributed by atoms with Crippen molar-refractivity contribution in [1.29, 1.82) is 0 Å². The number of rotatable bonds is 4. The smallest absolute Gasteiger partial charge is 0.290 e. The van der Waals surface area contributed by atoms with Crippen LogP contribution in [0.2, 0.25) is 0 Å². The Kier molecular flexibility index (Phi) is 4.16. The van der Waals surface area contributed by atoms with Crippen LogP contribution in [0.15, 0.2) is 29.2 Å². The molecule has 100 valence electrons. The van der Waals surface area contributed by atoms with Crippen LogP contribution in [0, 0.1) is 0 Å². The van der Waals surface area contributed by atoms with Crippen molar-refractivity contribution in [2.45, 2.75) is 6.43 Å². The van der Waals surface area contributed by atoms with Gasteiger partial charge in [0.05, 0.1) is 4.91 Å². The van der Waals surface area contributed by atoms with E-state index >= 15 is 0 Å². The van der Waals surface area contributed by atoms with Crippen molar-refractivity contribution in [3.63, 3.8) is 0 Å². The first-order valence-corrected chi connectivity index (χ1v) is 6.12. The highest BCUT2D eigenvalue weighted by Gasteiger charge is 2.24. The first kappa shape index (κ1) is 13.5. The van der Waals surface area contributed by atoms with Crippen molar-refractivity contribution in [3.8, 4) is 5.75 Å². The summed E-state index contributed by atoms with van der Waals surface area (Å²) in [6.07, 6.45) is -1.05. The summed E-state index contributed by atoms with van der Waals surface area (Å²) in [7, 11) is 0. The van der Waals surface area contributed by atoms with Gasteiger partial charge in [-0.2, -0.15) is 0 Å². The molecule has 1 fully saturated rings. The maximum Gasteiger partial charge on any atom is 0.290 e. The molecule has 0 aliphatic carbocycles. The monoisotopic (exact) mass is 285 g/mol. The fraction of sp³-hybridized carbons (Fsp3) is 0.167. The first-order valence-electron chi connectivity index (χ1n) is 5.30. The van der Waals surface area contributed by atoms with Crippen LogP contribution in [0.4, 0.5) is 13.6 Å². The van der Waals surface area contributed by atoms with E-state index in [4.69, 9.17) is 4.74 Å². The van der Waals surface area contributed by atoms with E-state index in [-0.39, 0.29) is 10.7 Å². The molecule has 0 aromatic heterocycles. The number of ether oxygens (including phenoxy) is 1. The van der Waals surface area contributed by atoms with E-state index in [1.165, 1.54) is 18.2 Å². The molecule has 0 atom stereocenters. The van der Waals surface area contributed by atoms with Gasteiger partial charge in [0.1, 0.15) is 12.4 Å². The lowest BCUT2D eigenvalue weighted by Gasteiger charge is -2.05. The highest BCUT2D eigenvalue weighted by Crippen LogP contribution is 2.26. The van der Waals surface area contributed by atoms with E-state index in [2.05, 4.69) is 5.32 Å². The van der Waals surface area contributed by atoms with Gasteiger partial charge >= 0.3 is 0 Å². The third kappa shape index (κ3) is 3.78. The molecule has 1 heterocycles. The molecule has 2 amide bonds. The Morgan fingerprint density at radius 3 is 2.79 bits per heavy atom. The molecule has 0 bridgehead atoms. The molecule has 7 heteroatoms. The minimum Gasteiger partial charge on any atom is -0.488 e. The first-order chi connectivity index (χ1) is 9.04. The molecule has 4 nitrogen and oxygen atoms in total. The van der Waals surface area contributed by atoms with E-state index in [9.17, 15) is 18.4 Å². The minimum absolute atomic E-state index is 0.260. The number of thioether (sulfide) groups is 1. The number of benzene rings is 1. The van der Waals surface area contributed by atoms with Crippen LogP contribution in [0.1, 0.15) is 5.56 Å². The molecule has 1 aliphatic heterocycles. The van der Waals surface area contributed by atoms with Gasteiger partial charge in [-0.25, -0.2) is 8.78 Å². The second-order valence-corrected chi connectivity index (χ2v) is 4.64. The van der Waals surface area contributed by atoms with Gasteiger partial charge in [0.15, 0.2) is 0 Å². The van der Waals surface area contributed by atoms with E-state index in [0.29, 0.717) is 5.56 Å². The van der Waals surface area contributed by atoms with E-state index in [1.54, 1.807) is 12.1 Å². The van der Waals surface area contributed by atoms with Gasteiger partial charge in [-0.1, -0.05) is 12.1 Å². The normalized spacial score (nSPS) is 17.1. The second kappa shape index (κ2) is 5.83. The molecule has 1 aliphatic rings. The van der Waals surface area contributed by atoms with Gasteiger partial charge < -0.3 is 4.74 Å². The summed E-state index contributed by atoms with van der Waals surface area (Å²) in [5, 5.41) is 1.70. The number of imide groups is 1. The molecular formula is C12H9F2NO3S. The summed E-state index contributed by atoms with van der Waals surface area (Å²) < 4.78 is 28.9. The third-order valence-electron chi connectivity index (χ3n) is 2.17. The van der Waals surface area contributed by atoms with Crippen LogP contribution in [0.5, 0.6) is 5.75 Å². The summed E-state index contributed by atoms with van der Waals surface area (Å²) in [6, 6.07) is 6.36. The molecule has 1 aromatic rings. The third-order valence-corrected chi connectivity index (χ3v) is 2.98. The Bertz CT molecular complexity index is 546. The Morgan fingerprint density at radius 2 is 2.16 bits per heavy atom. The maximum atomic E-state index is 12.0. The van der Waals surface area contributed by atoms with Crippen molar-refractivity contribution in [1.82, 2.24) is 5.32 Å². The molecule has 0 unspecified atom stereocenters. The van der Waals surface area contributed by atoms with Crippen LogP contribution in [-0.2, 0) is 4.79 Å². The van der Waals surface area contributed by atoms with Gasteiger partial charge in [-0.3, -0.25) is 14.9 Å². The molecule has 0 spiro atoms. The fourth-order valence-electron chi connectivity index (χ4n) is 1.43. The number of alkyl halides is 2. The number of nitrogens with one attached hydrogen (secondary N) is 1. The van der Waals surface area contributed by atoms with Crippen LogP contribution in [-0.4, -0.2) is 24.2 Å². The van der Waals surface area contributed by atoms with Gasteiger partial charge in [0.25, 0.3) is 17.6 Å². The zero-order chi connectivity index (χ0) is 13.8. The Labute approximate surface area is 111 Å². The molecule has 1 saturated heterocycles. The van der Waals surface area contributed by atoms with Gasteiger partial charge in [-0.05, 0) is 35.5 Å². The number of hydrogen-bond acceptors (Lipinski definition) is 4. The molecule has 2 rings (SSSR count). The van der Waals surface area contributed by atoms with Crippen LogP contribution in [0.3, 0.4) is 0 Å². The van der Waals surface area contributed by atoms with Gasteiger partial charge in [0.2, 0.25) is 0 Å². The Balaban J connectivity index is 2.13. The second-order valence-electron chi connectivity index (χ2n) is 3.63. The van der Waals surface area contributed by atoms with Crippen LogP contribution < -0.4 is 10.1 Å². The lowest BCUT2D eigenvalue weighted by atomic mass is 10.2. The van der Waals surface area contributed by atoms with Crippen molar-refractivity contribution >= 4 is 29.0 Å². The fourth-order valence-corrected chi connectivity index (χ4v) is 2.11. The topological polar surface area (TPSA) is 55.4 Å². The number of amides is 2. The molecule has 1 aromatic carbocycles. The average molecular weight is 285 g/mol. The van der Waals surface area contributed by atoms with E-state index in [0.717, 1.165) is 11.8 Å². The molecule has 1 N–H and O–H groups in total. The molecule has 19 heavy (non-hydrogen) atoms. The number of hydrogen-bond donors (Lipinski definition) is 1. The van der Waals surface area contributed by atoms with Crippen molar-refractivity contribution in [2.24, 2.45) is 0 Å². The lowest BCUT2D eigenvalue weighted by molar-refractivity contribution is -0.115. The van der Waals surface area contributed by atoms with E-state index < -0.39 is 24.2 Å². The van der Waals surface area contributed by atoms with Gasteiger partial charge in [-0.15, -0.1) is 0 Å². The lowest BCUT2D eigenvalue weighted by Crippen LogP contribution is -2.17. The number of carbonyl (C=O) groups excluding carboxylic acids is 2. The van der Waals surface area contributed by atoms with Crippen LogP contribution in [0.25, 0.3) is 6.08 Å². The minimum atomic E-state index is -2.55. The zero-order valence-corrected chi connectivity index (χ0v) is 10.4. The SMILES string of the molecule is O=C1NC(=O)/C(=C\c2cccc(OCC(F)F)c2)S1. The Morgan fingerprint density at radius 1 is 1.37 bits per heavy atom. The molecular weight excluding hydrogens is 276 g/mol. The predicted octanol–water partition coefficient (Wildman–Crippen LogP) is 2.65. The largest absolute Gasteiger partial charge is 0.488 e. The predicted molar refractivity (Wildman–Crippen MR) is 67.0 cm³/mol. The highest BCUT2D eigenvalue weighted by atomic mass is 32.2. The summed E-state index contributed by atoms with van der Waals surface area (Å²) >= 11 is 0.793. The highest BCUT2D eigenvalue weighted by molar-refractivity contribution is 8.18. The van der Waals surface area contributed by atoms with Crippen LogP contribution >= 0.6 is 11.8 Å². The Hall–Kier alpha value is -1.89. The van der Waals surface area contributed by atoms with E-state index in [1.807, 2.05) is 0 Å². The number of halogens is 2. The molecule has 0 saturated carbocycles. The zero-order valence-electron chi connectivity index (χ0n) is 9.56. The average Bonchev–Trinajstić information content (AvgIpc) is 2.66. The van der Waals surface area contributed by atoms with Crippen molar-refractivity contribution in [2.75, 3.05) is 6.61 Å². The summed E-state index contributed by atoms with van der Waals surface area (Å²) in [5.41, 5.74) is 0.596.